The molecule has 1 saturated carbocycles. The monoisotopic (exact) mass is 284 g/mol. The van der Waals surface area contributed by atoms with Gasteiger partial charge in [-0.25, -0.2) is 0 Å². The number of benzene rings is 1. The Balaban J connectivity index is 1.70. The number of aromatic nitrogens is 1. The van der Waals surface area contributed by atoms with E-state index in [4.69, 9.17) is 5.11 Å². The number of amides is 1. The maximum atomic E-state index is 12.2. The lowest BCUT2D eigenvalue weighted by Gasteiger charge is -2.11. The van der Waals surface area contributed by atoms with Crippen LogP contribution in [0.2, 0.25) is 0 Å². The van der Waals surface area contributed by atoms with Crippen LogP contribution in [0.3, 0.4) is 0 Å². The first-order valence-corrected chi connectivity index (χ1v) is 7.02. The molecule has 2 atom stereocenters. The first-order valence-electron chi connectivity index (χ1n) is 7.02. The van der Waals surface area contributed by atoms with E-state index < -0.39 is 11.9 Å². The predicted octanol–water partition coefficient (Wildman–Crippen LogP) is 2.67. The number of fused-ring (bicyclic) bond motifs is 1. The van der Waals surface area contributed by atoms with Gasteiger partial charge in [0.05, 0.1) is 23.3 Å². The Morgan fingerprint density at radius 3 is 2.71 bits per heavy atom. The number of aliphatic carboxylic acids is 1. The van der Waals surface area contributed by atoms with Crippen LogP contribution >= 0.6 is 0 Å². The number of hydrogen-bond acceptors (Lipinski definition) is 3. The molecule has 1 fully saturated rings. The lowest BCUT2D eigenvalue weighted by Crippen LogP contribution is -2.21. The molecule has 0 saturated heterocycles. The fourth-order valence-electron chi connectivity index (χ4n) is 2.83. The Morgan fingerprint density at radius 2 is 1.95 bits per heavy atom. The first kappa shape index (κ1) is 13.5. The Morgan fingerprint density at radius 1 is 1.19 bits per heavy atom. The lowest BCUT2D eigenvalue weighted by atomic mass is 10.0. The normalized spacial score (nSPS) is 21.3. The zero-order chi connectivity index (χ0) is 14.8. The van der Waals surface area contributed by atoms with Crippen LogP contribution in [0.25, 0.3) is 10.9 Å². The second-order valence-corrected chi connectivity index (χ2v) is 5.45. The summed E-state index contributed by atoms with van der Waals surface area (Å²) < 4.78 is 0. The fourth-order valence-corrected chi connectivity index (χ4v) is 2.83. The number of rotatable bonds is 3. The number of pyridine rings is 1. The Kier molecular flexibility index (Phi) is 3.56. The van der Waals surface area contributed by atoms with Crippen LogP contribution in [0.15, 0.2) is 36.5 Å². The molecule has 21 heavy (non-hydrogen) atoms. The van der Waals surface area contributed by atoms with E-state index in [-0.39, 0.29) is 11.8 Å². The molecule has 5 heteroatoms. The summed E-state index contributed by atoms with van der Waals surface area (Å²) in [5.74, 6) is -1.54. The number of carboxylic acids is 1. The van der Waals surface area contributed by atoms with Crippen LogP contribution in [0, 0.1) is 11.8 Å². The summed E-state index contributed by atoms with van der Waals surface area (Å²) in [6.07, 6.45) is 3.25. The third-order valence-corrected chi connectivity index (χ3v) is 4.01. The van der Waals surface area contributed by atoms with Crippen LogP contribution in [-0.4, -0.2) is 22.0 Å². The summed E-state index contributed by atoms with van der Waals surface area (Å²) in [4.78, 5) is 27.4. The molecule has 1 amide bonds. The van der Waals surface area contributed by atoms with Gasteiger partial charge >= 0.3 is 5.97 Å². The highest BCUT2D eigenvalue weighted by atomic mass is 16.4. The van der Waals surface area contributed by atoms with Gasteiger partial charge in [0.15, 0.2) is 0 Å². The molecule has 2 N–H and O–H groups in total. The Labute approximate surface area is 122 Å². The third-order valence-electron chi connectivity index (χ3n) is 4.01. The van der Waals surface area contributed by atoms with E-state index in [1.54, 1.807) is 6.20 Å². The van der Waals surface area contributed by atoms with E-state index >= 15 is 0 Å². The second kappa shape index (κ2) is 5.52. The average molecular weight is 284 g/mol. The maximum Gasteiger partial charge on any atom is 0.306 e. The molecule has 1 aliphatic rings. The molecule has 0 radical (unpaired) electrons. The average Bonchev–Trinajstić information content (AvgIpc) is 2.97. The molecule has 108 valence electrons. The van der Waals surface area contributed by atoms with Gasteiger partial charge in [0.25, 0.3) is 0 Å². The number of nitrogens with one attached hydrogen (secondary N) is 1. The van der Waals surface area contributed by atoms with Crippen molar-refractivity contribution in [3.8, 4) is 0 Å². The van der Waals surface area contributed by atoms with Crippen molar-refractivity contribution in [3.63, 3.8) is 0 Å². The van der Waals surface area contributed by atoms with E-state index in [9.17, 15) is 9.59 Å². The van der Waals surface area contributed by atoms with Crippen molar-refractivity contribution >= 4 is 28.5 Å². The molecule has 1 aromatic heterocycles. The number of carbonyl (C=O) groups excluding carboxylic acids is 1. The van der Waals surface area contributed by atoms with Gasteiger partial charge in [-0.2, -0.15) is 0 Å². The Bertz CT molecular complexity index is 699. The minimum absolute atomic E-state index is 0.115. The number of para-hydroxylation sites is 1. The zero-order valence-corrected chi connectivity index (χ0v) is 11.5. The first-order chi connectivity index (χ1) is 10.1. The summed E-state index contributed by atoms with van der Waals surface area (Å²) in [7, 11) is 0. The van der Waals surface area contributed by atoms with Crippen molar-refractivity contribution in [3.05, 3.63) is 36.5 Å². The van der Waals surface area contributed by atoms with Crippen molar-refractivity contribution in [1.29, 1.82) is 0 Å². The molecule has 0 bridgehead atoms. The zero-order valence-electron chi connectivity index (χ0n) is 11.5. The van der Waals surface area contributed by atoms with Crippen LogP contribution in [0.4, 0.5) is 5.69 Å². The van der Waals surface area contributed by atoms with Gasteiger partial charge < -0.3 is 10.4 Å². The molecule has 1 aromatic carbocycles. The summed E-state index contributed by atoms with van der Waals surface area (Å²) >= 11 is 0. The van der Waals surface area contributed by atoms with Gasteiger partial charge in [-0.15, -0.1) is 0 Å². The smallest absolute Gasteiger partial charge is 0.306 e. The largest absolute Gasteiger partial charge is 0.481 e. The Hall–Kier alpha value is -2.43. The van der Waals surface area contributed by atoms with Crippen molar-refractivity contribution in [2.45, 2.75) is 19.3 Å². The fraction of sp³-hybridized carbons (Fsp3) is 0.312. The summed E-state index contributed by atoms with van der Waals surface area (Å²) in [6, 6.07) is 9.56. The van der Waals surface area contributed by atoms with E-state index in [0.717, 1.165) is 10.9 Å². The lowest BCUT2D eigenvalue weighted by molar-refractivity contribution is -0.141. The van der Waals surface area contributed by atoms with Gasteiger partial charge in [0.1, 0.15) is 0 Å². The molecule has 1 heterocycles. The van der Waals surface area contributed by atoms with Gasteiger partial charge in [-0.3, -0.25) is 14.6 Å². The second-order valence-electron chi connectivity index (χ2n) is 5.45. The molecular formula is C16H16N2O3. The number of anilines is 1. The maximum absolute atomic E-state index is 12.2. The summed E-state index contributed by atoms with van der Waals surface area (Å²) in [5, 5.41) is 12.8. The highest BCUT2D eigenvalue weighted by molar-refractivity contribution is 5.95. The van der Waals surface area contributed by atoms with Crippen molar-refractivity contribution in [2.75, 3.05) is 5.32 Å². The highest BCUT2D eigenvalue weighted by Gasteiger charge is 2.33. The van der Waals surface area contributed by atoms with Crippen LogP contribution in [-0.2, 0) is 9.59 Å². The number of carbonyl (C=O) groups is 2. The molecule has 2 aromatic rings. The summed E-state index contributed by atoms with van der Waals surface area (Å²) in [6.45, 7) is 0. The molecule has 0 aliphatic heterocycles. The van der Waals surface area contributed by atoms with E-state index in [1.807, 2.05) is 30.3 Å². The highest BCUT2D eigenvalue weighted by Crippen LogP contribution is 2.32. The van der Waals surface area contributed by atoms with E-state index in [2.05, 4.69) is 10.3 Å². The molecule has 0 spiro atoms. The molecular weight excluding hydrogens is 268 g/mol. The van der Waals surface area contributed by atoms with Crippen LogP contribution in [0.1, 0.15) is 19.3 Å². The van der Waals surface area contributed by atoms with Crippen molar-refractivity contribution in [2.24, 2.45) is 11.8 Å². The van der Waals surface area contributed by atoms with Crippen LogP contribution < -0.4 is 5.32 Å². The SMILES string of the molecule is O=C(O)C1CCC(C(=O)Nc2cnc3ccccc3c2)C1. The van der Waals surface area contributed by atoms with Gasteiger partial charge in [0, 0.05) is 11.3 Å². The number of hydrogen-bond donors (Lipinski definition) is 2. The van der Waals surface area contributed by atoms with Crippen LogP contribution in [0.5, 0.6) is 0 Å². The van der Waals surface area contributed by atoms with E-state index in [0.29, 0.717) is 24.9 Å². The molecule has 1 aliphatic carbocycles. The quantitative estimate of drug-likeness (QED) is 0.908. The van der Waals surface area contributed by atoms with Crippen molar-refractivity contribution in [1.82, 2.24) is 4.98 Å². The number of carboxylic acid groups (broad SMARTS) is 1. The third kappa shape index (κ3) is 2.86. The summed E-state index contributed by atoms with van der Waals surface area (Å²) in [5.41, 5.74) is 1.53. The van der Waals surface area contributed by atoms with Crippen molar-refractivity contribution < 1.29 is 14.7 Å². The van der Waals surface area contributed by atoms with Gasteiger partial charge in [-0.1, -0.05) is 18.2 Å². The molecule has 5 nitrogen and oxygen atoms in total. The predicted molar refractivity (Wildman–Crippen MR) is 78.8 cm³/mol. The number of nitrogens with zero attached hydrogens (tertiary/aromatic N) is 1. The van der Waals surface area contributed by atoms with E-state index in [1.165, 1.54) is 0 Å². The topological polar surface area (TPSA) is 79.3 Å². The molecule has 2 unspecified atom stereocenters. The molecule has 3 rings (SSSR count). The standard InChI is InChI=1S/C16H16N2O3/c19-15(11-5-6-12(7-11)16(20)21)18-13-8-10-3-1-2-4-14(10)17-9-13/h1-4,8-9,11-12H,5-7H2,(H,18,19)(H,20,21). The van der Waals surface area contributed by atoms with Gasteiger partial charge in [0.2, 0.25) is 5.91 Å². The van der Waals surface area contributed by atoms with Gasteiger partial charge in [-0.05, 0) is 31.4 Å². The minimum Gasteiger partial charge on any atom is -0.481 e. The minimum atomic E-state index is -0.808.